The summed E-state index contributed by atoms with van der Waals surface area (Å²) in [5.74, 6) is 0. The van der Waals surface area contributed by atoms with Crippen molar-refractivity contribution in [3.63, 3.8) is 0 Å². The molecule has 1 heterocycles. The van der Waals surface area contributed by atoms with Crippen molar-refractivity contribution in [2.45, 2.75) is 45.1 Å². The summed E-state index contributed by atoms with van der Waals surface area (Å²) in [7, 11) is 0. The van der Waals surface area contributed by atoms with Gasteiger partial charge in [0.2, 0.25) is 0 Å². The first-order valence-electron chi connectivity index (χ1n) is 6.49. The first kappa shape index (κ1) is 12.5. The molecular formula is C14H22N2O. The third-order valence-electron chi connectivity index (χ3n) is 4.05. The Morgan fingerprint density at radius 3 is 2.59 bits per heavy atom. The first-order chi connectivity index (χ1) is 8.18. The minimum absolute atomic E-state index is 0.152. The first-order valence-corrected chi connectivity index (χ1v) is 6.49. The molecule has 1 unspecified atom stereocenters. The molecule has 1 aromatic rings. The molecule has 0 saturated heterocycles. The molecule has 0 amide bonds. The van der Waals surface area contributed by atoms with Crippen molar-refractivity contribution in [3.8, 4) is 0 Å². The summed E-state index contributed by atoms with van der Waals surface area (Å²) < 4.78 is 0. The molecule has 1 aliphatic rings. The predicted octanol–water partition coefficient (Wildman–Crippen LogP) is 2.33. The van der Waals surface area contributed by atoms with Crippen LogP contribution in [-0.2, 0) is 0 Å². The molecule has 3 N–H and O–H groups in total. The van der Waals surface area contributed by atoms with Crippen molar-refractivity contribution in [3.05, 3.63) is 29.6 Å². The Balaban J connectivity index is 2.21. The number of aryl methyl sites for hydroxylation is 1. The lowest BCUT2D eigenvalue weighted by Gasteiger charge is -2.40. The highest BCUT2D eigenvalue weighted by molar-refractivity contribution is 5.16. The number of nitrogens with zero attached hydrogens (tertiary/aromatic N) is 1. The smallest absolute Gasteiger partial charge is 0.103 e. The van der Waals surface area contributed by atoms with Crippen LogP contribution in [0, 0.1) is 12.3 Å². The second kappa shape index (κ2) is 5.15. The summed E-state index contributed by atoms with van der Waals surface area (Å²) in [6, 6.07) is 3.92. The van der Waals surface area contributed by atoms with Crippen molar-refractivity contribution in [1.82, 2.24) is 4.98 Å². The van der Waals surface area contributed by atoms with Crippen LogP contribution in [0.25, 0.3) is 0 Å². The van der Waals surface area contributed by atoms with Crippen LogP contribution in [0.15, 0.2) is 18.3 Å². The molecule has 1 saturated carbocycles. The van der Waals surface area contributed by atoms with Gasteiger partial charge in [-0.2, -0.15) is 0 Å². The van der Waals surface area contributed by atoms with Crippen LogP contribution in [-0.4, -0.2) is 16.6 Å². The van der Waals surface area contributed by atoms with E-state index in [-0.39, 0.29) is 5.41 Å². The van der Waals surface area contributed by atoms with Gasteiger partial charge in [-0.05, 0) is 31.4 Å². The molecule has 1 fully saturated rings. The zero-order valence-electron chi connectivity index (χ0n) is 10.5. The Kier molecular flexibility index (Phi) is 3.79. The summed E-state index contributed by atoms with van der Waals surface area (Å²) in [5.41, 5.74) is 7.65. The van der Waals surface area contributed by atoms with Gasteiger partial charge in [0, 0.05) is 18.2 Å². The average Bonchev–Trinajstić information content (AvgIpc) is 2.39. The van der Waals surface area contributed by atoms with E-state index in [4.69, 9.17) is 5.73 Å². The van der Waals surface area contributed by atoms with Crippen molar-refractivity contribution >= 4 is 0 Å². The molecule has 3 nitrogen and oxygen atoms in total. The molecular weight excluding hydrogens is 212 g/mol. The van der Waals surface area contributed by atoms with E-state index < -0.39 is 6.10 Å². The van der Waals surface area contributed by atoms with Crippen molar-refractivity contribution < 1.29 is 5.11 Å². The van der Waals surface area contributed by atoms with Gasteiger partial charge in [0.15, 0.2) is 0 Å². The maximum Gasteiger partial charge on any atom is 0.103 e. The summed E-state index contributed by atoms with van der Waals surface area (Å²) in [5, 5.41) is 10.5. The van der Waals surface area contributed by atoms with E-state index in [1.54, 1.807) is 0 Å². The molecule has 2 rings (SSSR count). The van der Waals surface area contributed by atoms with Crippen molar-refractivity contribution in [2.24, 2.45) is 11.1 Å². The van der Waals surface area contributed by atoms with Gasteiger partial charge in [-0.3, -0.25) is 4.98 Å². The molecule has 0 aliphatic heterocycles. The third kappa shape index (κ3) is 2.50. The predicted molar refractivity (Wildman–Crippen MR) is 68.5 cm³/mol. The highest BCUT2D eigenvalue weighted by Crippen LogP contribution is 2.44. The van der Waals surface area contributed by atoms with Gasteiger partial charge in [0.1, 0.15) is 6.10 Å². The lowest BCUT2D eigenvalue weighted by atomic mass is 9.69. The van der Waals surface area contributed by atoms with Crippen LogP contribution in [0.3, 0.4) is 0 Å². The molecule has 1 atom stereocenters. The maximum atomic E-state index is 10.5. The lowest BCUT2D eigenvalue weighted by Crippen LogP contribution is -2.38. The summed E-state index contributed by atoms with van der Waals surface area (Å²) >= 11 is 0. The number of rotatable bonds is 3. The van der Waals surface area contributed by atoms with Gasteiger partial charge in [0.25, 0.3) is 0 Å². The molecule has 3 heteroatoms. The fourth-order valence-corrected chi connectivity index (χ4v) is 2.80. The Labute approximate surface area is 103 Å². The van der Waals surface area contributed by atoms with E-state index in [1.807, 2.05) is 25.3 Å². The molecule has 0 spiro atoms. The molecule has 0 aromatic carbocycles. The number of aliphatic hydroxyl groups excluding tert-OH is 1. The number of aromatic nitrogens is 1. The number of nitrogens with two attached hydrogens (primary N) is 1. The topological polar surface area (TPSA) is 59.1 Å². The summed E-state index contributed by atoms with van der Waals surface area (Å²) in [6.07, 6.45) is 6.91. The molecule has 1 aliphatic carbocycles. The van der Waals surface area contributed by atoms with Crippen LogP contribution in [0.1, 0.15) is 49.5 Å². The SMILES string of the molecule is Cc1ccc(C(O)C2(CN)CCCCC2)nc1. The van der Waals surface area contributed by atoms with Crippen molar-refractivity contribution in [2.75, 3.05) is 6.54 Å². The fourth-order valence-electron chi connectivity index (χ4n) is 2.80. The van der Waals surface area contributed by atoms with Gasteiger partial charge in [0.05, 0.1) is 5.69 Å². The number of hydrogen-bond donors (Lipinski definition) is 2. The summed E-state index contributed by atoms with van der Waals surface area (Å²) in [4.78, 5) is 4.34. The number of hydrogen-bond acceptors (Lipinski definition) is 3. The Morgan fingerprint density at radius 1 is 1.35 bits per heavy atom. The van der Waals surface area contributed by atoms with Gasteiger partial charge < -0.3 is 10.8 Å². The van der Waals surface area contributed by atoms with Crippen LogP contribution in [0.4, 0.5) is 0 Å². The van der Waals surface area contributed by atoms with Gasteiger partial charge >= 0.3 is 0 Å². The highest BCUT2D eigenvalue weighted by Gasteiger charge is 2.39. The van der Waals surface area contributed by atoms with Crippen molar-refractivity contribution in [1.29, 1.82) is 0 Å². The zero-order chi connectivity index (χ0) is 12.3. The molecule has 0 radical (unpaired) electrons. The quantitative estimate of drug-likeness (QED) is 0.844. The molecule has 17 heavy (non-hydrogen) atoms. The second-order valence-corrected chi connectivity index (χ2v) is 5.29. The maximum absolute atomic E-state index is 10.5. The van der Waals surface area contributed by atoms with E-state index in [0.717, 1.165) is 24.1 Å². The fraction of sp³-hybridized carbons (Fsp3) is 0.643. The number of pyridine rings is 1. The van der Waals surface area contributed by atoms with E-state index in [0.29, 0.717) is 6.54 Å². The largest absolute Gasteiger partial charge is 0.386 e. The van der Waals surface area contributed by atoms with Gasteiger partial charge in [-0.1, -0.05) is 25.3 Å². The van der Waals surface area contributed by atoms with Crippen LogP contribution in [0.2, 0.25) is 0 Å². The Morgan fingerprint density at radius 2 is 2.06 bits per heavy atom. The van der Waals surface area contributed by atoms with E-state index in [9.17, 15) is 5.11 Å². The molecule has 1 aromatic heterocycles. The van der Waals surface area contributed by atoms with E-state index >= 15 is 0 Å². The van der Waals surface area contributed by atoms with Gasteiger partial charge in [-0.25, -0.2) is 0 Å². The van der Waals surface area contributed by atoms with Gasteiger partial charge in [-0.15, -0.1) is 0 Å². The number of aliphatic hydroxyl groups is 1. The van der Waals surface area contributed by atoms with E-state index in [1.165, 1.54) is 19.3 Å². The minimum atomic E-state index is -0.520. The Bertz CT molecular complexity index is 355. The highest BCUT2D eigenvalue weighted by atomic mass is 16.3. The monoisotopic (exact) mass is 234 g/mol. The van der Waals surface area contributed by atoms with Crippen LogP contribution < -0.4 is 5.73 Å². The van der Waals surface area contributed by atoms with E-state index in [2.05, 4.69) is 4.98 Å². The normalized spacial score (nSPS) is 21.1. The second-order valence-electron chi connectivity index (χ2n) is 5.29. The Hall–Kier alpha value is -0.930. The standard InChI is InChI=1S/C14H22N2O/c1-11-5-6-12(16-9-11)13(17)14(10-15)7-3-2-4-8-14/h5-6,9,13,17H,2-4,7-8,10,15H2,1H3. The van der Waals surface area contributed by atoms with Crippen LogP contribution in [0.5, 0.6) is 0 Å². The summed E-state index contributed by atoms with van der Waals surface area (Å²) in [6.45, 7) is 2.55. The molecule has 94 valence electrons. The molecule has 0 bridgehead atoms. The average molecular weight is 234 g/mol. The lowest BCUT2D eigenvalue weighted by molar-refractivity contribution is -0.00214. The van der Waals surface area contributed by atoms with Crippen LogP contribution >= 0.6 is 0 Å². The third-order valence-corrected chi connectivity index (χ3v) is 4.05. The zero-order valence-corrected chi connectivity index (χ0v) is 10.5. The minimum Gasteiger partial charge on any atom is -0.386 e.